The summed E-state index contributed by atoms with van der Waals surface area (Å²) >= 11 is 0. The van der Waals surface area contributed by atoms with Gasteiger partial charge in [-0.15, -0.1) is 0 Å². The Kier molecular flexibility index (Phi) is 4.88. The first-order chi connectivity index (χ1) is 14.0. The Bertz CT molecular complexity index is 1280. The fourth-order valence-electron chi connectivity index (χ4n) is 3.75. The first kappa shape index (κ1) is 18.9. The van der Waals surface area contributed by atoms with Gasteiger partial charge in [0.25, 0.3) is 5.56 Å². The molecule has 2 heterocycles. The zero-order chi connectivity index (χ0) is 20.5. The molecule has 0 spiro atoms. The third kappa shape index (κ3) is 3.29. The molecule has 0 aliphatic rings. The first-order valence-electron chi connectivity index (χ1n) is 9.48. The van der Waals surface area contributed by atoms with Crippen LogP contribution in [0.4, 0.5) is 4.39 Å². The lowest BCUT2D eigenvalue weighted by Gasteiger charge is -2.19. The summed E-state index contributed by atoms with van der Waals surface area (Å²) in [5, 5.41) is 8.62. The molecular formula is C22H21FN4O2. The number of carbonyl (C=O) groups excluding carboxylic acids is 1. The molecule has 0 radical (unpaired) electrons. The van der Waals surface area contributed by atoms with Crippen molar-refractivity contribution in [2.24, 2.45) is 7.05 Å². The maximum Gasteiger partial charge on any atom is 0.291 e. The molecule has 1 amide bonds. The largest absolute Gasteiger partial charge is 0.350 e. The normalized spacial score (nSPS) is 12.4. The van der Waals surface area contributed by atoms with Crippen molar-refractivity contribution >= 4 is 27.7 Å². The van der Waals surface area contributed by atoms with Crippen LogP contribution in [0, 0.1) is 5.82 Å². The van der Waals surface area contributed by atoms with Gasteiger partial charge in [-0.25, -0.2) is 9.07 Å². The van der Waals surface area contributed by atoms with Crippen LogP contribution in [0.2, 0.25) is 0 Å². The van der Waals surface area contributed by atoms with Crippen LogP contribution in [-0.4, -0.2) is 20.3 Å². The number of para-hydroxylation sites is 1. The number of aryl methyl sites for hydroxylation is 1. The van der Waals surface area contributed by atoms with E-state index in [4.69, 9.17) is 0 Å². The maximum atomic E-state index is 13.4. The summed E-state index contributed by atoms with van der Waals surface area (Å²) in [6.07, 6.45) is 2.15. The Morgan fingerprint density at radius 2 is 1.97 bits per heavy atom. The summed E-state index contributed by atoms with van der Waals surface area (Å²) in [7, 11) is 1.59. The number of rotatable bonds is 5. The van der Waals surface area contributed by atoms with Crippen molar-refractivity contribution in [3.05, 3.63) is 76.5 Å². The average Bonchev–Trinajstić information content (AvgIpc) is 3.05. The van der Waals surface area contributed by atoms with E-state index in [9.17, 15) is 14.0 Å². The first-order valence-corrected chi connectivity index (χ1v) is 9.48. The van der Waals surface area contributed by atoms with Crippen LogP contribution in [0.25, 0.3) is 21.8 Å². The Morgan fingerprint density at radius 1 is 1.17 bits per heavy atom. The van der Waals surface area contributed by atoms with E-state index < -0.39 is 6.04 Å². The second kappa shape index (κ2) is 7.50. The van der Waals surface area contributed by atoms with Crippen molar-refractivity contribution < 1.29 is 9.18 Å². The molecule has 0 fully saturated rings. The molecule has 0 aliphatic carbocycles. The van der Waals surface area contributed by atoms with Crippen LogP contribution < -0.4 is 10.9 Å². The van der Waals surface area contributed by atoms with E-state index in [1.54, 1.807) is 29.9 Å². The van der Waals surface area contributed by atoms with Crippen molar-refractivity contribution in [1.82, 2.24) is 19.7 Å². The molecule has 0 unspecified atom stereocenters. The lowest BCUT2D eigenvalue weighted by molar-refractivity contribution is -0.124. The Balaban J connectivity index is 1.79. The number of carbonyl (C=O) groups is 1. The third-order valence-electron chi connectivity index (χ3n) is 5.16. The second-order valence-electron chi connectivity index (χ2n) is 6.99. The van der Waals surface area contributed by atoms with Gasteiger partial charge in [0, 0.05) is 24.4 Å². The fraction of sp³-hybridized carbons (Fsp3) is 0.227. The predicted molar refractivity (Wildman–Crippen MR) is 110 cm³/mol. The average molecular weight is 392 g/mol. The van der Waals surface area contributed by atoms with Crippen molar-refractivity contribution in [3.63, 3.8) is 0 Å². The molecule has 1 atom stereocenters. The summed E-state index contributed by atoms with van der Waals surface area (Å²) in [6, 6.07) is 13.1. The summed E-state index contributed by atoms with van der Waals surface area (Å²) in [6.45, 7) is 2.11. The molecule has 29 heavy (non-hydrogen) atoms. The van der Waals surface area contributed by atoms with Gasteiger partial charge in [0.05, 0.1) is 11.7 Å². The molecule has 0 saturated heterocycles. The van der Waals surface area contributed by atoms with E-state index in [2.05, 4.69) is 10.4 Å². The minimum absolute atomic E-state index is 0.212. The van der Waals surface area contributed by atoms with Crippen LogP contribution >= 0.6 is 0 Å². The van der Waals surface area contributed by atoms with Crippen molar-refractivity contribution in [3.8, 4) is 0 Å². The number of benzene rings is 2. The number of hydrogen-bond donors (Lipinski definition) is 1. The van der Waals surface area contributed by atoms with E-state index in [1.807, 2.05) is 31.2 Å². The number of nitrogens with one attached hydrogen (secondary N) is 1. The summed E-state index contributed by atoms with van der Waals surface area (Å²) in [5.41, 5.74) is 1.68. The third-order valence-corrected chi connectivity index (χ3v) is 5.16. The van der Waals surface area contributed by atoms with Crippen LogP contribution in [-0.2, 0) is 18.4 Å². The molecule has 0 saturated carbocycles. The molecule has 6 nitrogen and oxygen atoms in total. The molecule has 4 aromatic rings. The van der Waals surface area contributed by atoms with Gasteiger partial charge in [-0.3, -0.25) is 9.59 Å². The lowest BCUT2D eigenvalue weighted by atomic mass is 10.1. The minimum atomic E-state index is -0.582. The van der Waals surface area contributed by atoms with Gasteiger partial charge in [0.2, 0.25) is 5.91 Å². The highest BCUT2D eigenvalue weighted by atomic mass is 19.1. The molecule has 7 heteroatoms. The van der Waals surface area contributed by atoms with Crippen LogP contribution in [0.5, 0.6) is 0 Å². The van der Waals surface area contributed by atoms with Gasteiger partial charge < -0.3 is 9.88 Å². The highest BCUT2D eigenvalue weighted by Crippen LogP contribution is 2.30. The number of aromatic nitrogens is 3. The topological polar surface area (TPSA) is 68.9 Å². The van der Waals surface area contributed by atoms with Gasteiger partial charge >= 0.3 is 0 Å². The molecule has 2 aromatic heterocycles. The SMILES string of the molecule is CC[C@@H](C(=O)NCc1cccc(F)c1)n1c2ccccc2c2cnn(C)c(=O)c21. The number of halogens is 1. The Morgan fingerprint density at radius 3 is 2.72 bits per heavy atom. The highest BCUT2D eigenvalue weighted by Gasteiger charge is 2.25. The van der Waals surface area contributed by atoms with Gasteiger partial charge in [-0.2, -0.15) is 5.10 Å². The smallest absolute Gasteiger partial charge is 0.291 e. The molecule has 1 N–H and O–H groups in total. The minimum Gasteiger partial charge on any atom is -0.350 e. The molecule has 0 bridgehead atoms. The fourth-order valence-corrected chi connectivity index (χ4v) is 3.75. The quantitative estimate of drug-likeness (QED) is 0.567. The molecule has 4 rings (SSSR count). The number of hydrogen-bond acceptors (Lipinski definition) is 3. The van der Waals surface area contributed by atoms with Crippen molar-refractivity contribution in [1.29, 1.82) is 0 Å². The molecule has 2 aromatic carbocycles. The number of nitrogens with zero attached hydrogens (tertiary/aromatic N) is 3. The van der Waals surface area contributed by atoms with E-state index in [-0.39, 0.29) is 23.8 Å². The zero-order valence-electron chi connectivity index (χ0n) is 16.2. The molecule has 0 aliphatic heterocycles. The number of amides is 1. The zero-order valence-corrected chi connectivity index (χ0v) is 16.2. The standard InChI is InChI=1S/C22H21FN4O2/c1-3-18(21(28)24-12-14-7-6-8-15(23)11-14)27-19-10-5-4-9-16(19)17-13-25-26(2)22(29)20(17)27/h4-11,13,18H,3,12H2,1-2H3,(H,24,28)/t18-/m0/s1. The number of fused-ring (bicyclic) bond motifs is 3. The second-order valence-corrected chi connectivity index (χ2v) is 6.99. The molecular weight excluding hydrogens is 371 g/mol. The van der Waals surface area contributed by atoms with Gasteiger partial charge in [0.1, 0.15) is 17.4 Å². The summed E-state index contributed by atoms with van der Waals surface area (Å²) in [5.74, 6) is -0.569. The summed E-state index contributed by atoms with van der Waals surface area (Å²) < 4.78 is 16.5. The van der Waals surface area contributed by atoms with E-state index >= 15 is 0 Å². The lowest BCUT2D eigenvalue weighted by Crippen LogP contribution is -2.33. The van der Waals surface area contributed by atoms with Gasteiger partial charge in [-0.05, 0) is 30.2 Å². The van der Waals surface area contributed by atoms with Crippen molar-refractivity contribution in [2.75, 3.05) is 0 Å². The Hall–Kier alpha value is -3.48. The van der Waals surface area contributed by atoms with Crippen LogP contribution in [0.3, 0.4) is 0 Å². The predicted octanol–water partition coefficient (Wildman–Crippen LogP) is 3.29. The summed E-state index contributed by atoms with van der Waals surface area (Å²) in [4.78, 5) is 25.9. The van der Waals surface area contributed by atoms with Crippen LogP contribution in [0.15, 0.2) is 59.5 Å². The monoisotopic (exact) mass is 392 g/mol. The van der Waals surface area contributed by atoms with E-state index in [0.717, 1.165) is 16.3 Å². The van der Waals surface area contributed by atoms with Crippen molar-refractivity contribution in [2.45, 2.75) is 25.9 Å². The van der Waals surface area contributed by atoms with Gasteiger partial charge in [0.15, 0.2) is 0 Å². The van der Waals surface area contributed by atoms with E-state index in [1.165, 1.54) is 16.8 Å². The van der Waals surface area contributed by atoms with E-state index in [0.29, 0.717) is 17.5 Å². The Labute approximate surface area is 166 Å². The van der Waals surface area contributed by atoms with Gasteiger partial charge in [-0.1, -0.05) is 37.3 Å². The molecule has 148 valence electrons. The maximum absolute atomic E-state index is 13.4. The highest BCUT2D eigenvalue weighted by molar-refractivity contribution is 6.08. The van der Waals surface area contributed by atoms with Crippen LogP contribution in [0.1, 0.15) is 24.9 Å².